The van der Waals surface area contributed by atoms with Crippen LogP contribution in [-0.4, -0.2) is 112 Å². The average Bonchev–Trinajstić information content (AvgIpc) is 3.09. The number of rotatable bonds is 21. The minimum absolute atomic E-state index is 0.0414. The van der Waals surface area contributed by atoms with E-state index in [-0.39, 0.29) is 66.6 Å². The first kappa shape index (κ1) is 43.3. The molecule has 22 heteroatoms. The summed E-state index contributed by atoms with van der Waals surface area (Å²) < 4.78 is 0. The van der Waals surface area contributed by atoms with Crippen molar-refractivity contribution in [2.45, 2.75) is 56.3 Å². The Morgan fingerprint density at radius 1 is 0.648 bits per heavy atom. The molecule has 0 saturated heterocycles. The standard InChI is InChI=1S/C32H45N11O11/c33-13-26(49)40-21(9-16-4-6-18(45)11-24(16)47)30(53)42-19(2-1-7-38-32(36)37)29(52)39-14-27(50)41-22(12-25(34)48)31(54)43-20(28(35)51)8-15-3-5-17(44)10-23(15)46/h3-6,10-11,19-22,44-47H,1-2,7-9,12-14,33H2,(H2,34,48)(H2,35,51)(H,39,52)(H,40,49)(H,41,50)(H,42,53)(H,43,54)(H4,36,37,38)/t19-,20-,21-,22-/m0/s1. The van der Waals surface area contributed by atoms with Crippen LogP contribution in [0, 0.1) is 0 Å². The molecule has 0 aliphatic heterocycles. The quantitative estimate of drug-likeness (QED) is 0.0321. The second kappa shape index (κ2) is 20.9. The van der Waals surface area contributed by atoms with E-state index in [9.17, 15) is 54.0 Å². The lowest BCUT2D eigenvalue weighted by Crippen LogP contribution is -2.57. The van der Waals surface area contributed by atoms with E-state index in [1.165, 1.54) is 24.3 Å². The molecular formula is C32H45N11O11. The van der Waals surface area contributed by atoms with Crippen LogP contribution in [0.3, 0.4) is 0 Å². The highest BCUT2D eigenvalue weighted by molar-refractivity contribution is 5.96. The van der Waals surface area contributed by atoms with Gasteiger partial charge in [-0.1, -0.05) is 12.1 Å². The van der Waals surface area contributed by atoms with Gasteiger partial charge < -0.3 is 75.7 Å². The van der Waals surface area contributed by atoms with E-state index < -0.39 is 90.8 Å². The van der Waals surface area contributed by atoms with Gasteiger partial charge in [0.25, 0.3) is 0 Å². The molecule has 0 saturated carbocycles. The summed E-state index contributed by atoms with van der Waals surface area (Å²) in [6.07, 6.45) is -1.30. The molecule has 0 radical (unpaired) electrons. The highest BCUT2D eigenvalue weighted by Gasteiger charge is 2.30. The van der Waals surface area contributed by atoms with Crippen molar-refractivity contribution in [1.29, 1.82) is 0 Å². The van der Waals surface area contributed by atoms with Crippen LogP contribution in [0.4, 0.5) is 0 Å². The van der Waals surface area contributed by atoms with Crippen LogP contribution >= 0.6 is 0 Å². The van der Waals surface area contributed by atoms with Crippen LogP contribution in [0.5, 0.6) is 23.0 Å². The van der Waals surface area contributed by atoms with Gasteiger partial charge in [-0.2, -0.15) is 0 Å². The number of phenols is 4. The Labute approximate surface area is 307 Å². The number of guanidine groups is 1. The topological polar surface area (TPSA) is 403 Å². The number of carbonyl (C=O) groups is 7. The second-order valence-corrected chi connectivity index (χ2v) is 11.8. The molecule has 0 unspecified atom stereocenters. The lowest BCUT2D eigenvalue weighted by Gasteiger charge is -2.24. The van der Waals surface area contributed by atoms with E-state index >= 15 is 0 Å². The number of aliphatic imine (C=N–C) groups is 1. The molecule has 0 heterocycles. The zero-order valence-corrected chi connectivity index (χ0v) is 28.9. The van der Waals surface area contributed by atoms with Gasteiger partial charge in [-0.05, 0) is 36.1 Å². The Morgan fingerprint density at radius 2 is 1.17 bits per heavy atom. The molecule has 22 nitrogen and oxygen atoms in total. The van der Waals surface area contributed by atoms with Crippen molar-refractivity contribution in [1.82, 2.24) is 26.6 Å². The Kier molecular flexibility index (Phi) is 16.7. The van der Waals surface area contributed by atoms with Gasteiger partial charge in [0.15, 0.2) is 5.96 Å². The van der Waals surface area contributed by atoms with Crippen molar-refractivity contribution in [3.63, 3.8) is 0 Å². The van der Waals surface area contributed by atoms with E-state index in [0.29, 0.717) is 0 Å². The van der Waals surface area contributed by atoms with Crippen LogP contribution in [0.1, 0.15) is 30.4 Å². The number of hydrogen-bond acceptors (Lipinski definition) is 13. The first-order valence-electron chi connectivity index (χ1n) is 16.2. The molecule has 2 rings (SSSR count). The average molecular weight is 760 g/mol. The van der Waals surface area contributed by atoms with Crippen molar-refractivity contribution >= 4 is 47.3 Å². The van der Waals surface area contributed by atoms with E-state index in [2.05, 4.69) is 31.6 Å². The number of aromatic hydroxyl groups is 4. The molecule has 7 amide bonds. The molecule has 0 bridgehead atoms. The maximum atomic E-state index is 13.4. The monoisotopic (exact) mass is 759 g/mol. The summed E-state index contributed by atoms with van der Waals surface area (Å²) in [4.78, 5) is 92.5. The molecule has 0 aliphatic carbocycles. The lowest BCUT2D eigenvalue weighted by molar-refractivity contribution is -0.134. The molecule has 4 atom stereocenters. The molecule has 19 N–H and O–H groups in total. The summed E-state index contributed by atoms with van der Waals surface area (Å²) >= 11 is 0. The highest BCUT2D eigenvalue weighted by atomic mass is 16.3. The van der Waals surface area contributed by atoms with Gasteiger partial charge in [0.05, 0.1) is 19.5 Å². The van der Waals surface area contributed by atoms with Gasteiger partial charge in [0.2, 0.25) is 41.4 Å². The summed E-state index contributed by atoms with van der Waals surface area (Å²) in [5.41, 5.74) is 27.0. The predicted octanol–water partition coefficient (Wildman–Crippen LogP) is -5.28. The predicted molar refractivity (Wildman–Crippen MR) is 190 cm³/mol. The number of primary amides is 2. The normalized spacial score (nSPS) is 12.8. The fourth-order valence-electron chi connectivity index (χ4n) is 4.84. The zero-order chi connectivity index (χ0) is 40.5. The van der Waals surface area contributed by atoms with Crippen molar-refractivity contribution in [3.8, 4) is 23.0 Å². The summed E-state index contributed by atoms with van der Waals surface area (Å²) in [6, 6.07) is 1.27. The molecule has 0 aliphatic rings. The van der Waals surface area contributed by atoms with Crippen molar-refractivity contribution in [2.75, 3.05) is 19.6 Å². The number of carbonyl (C=O) groups excluding carboxylic acids is 7. The maximum Gasteiger partial charge on any atom is 0.243 e. The largest absolute Gasteiger partial charge is 0.508 e. The number of amides is 7. The molecule has 54 heavy (non-hydrogen) atoms. The van der Waals surface area contributed by atoms with Gasteiger partial charge >= 0.3 is 0 Å². The minimum atomic E-state index is -1.65. The molecule has 2 aromatic rings. The fourth-order valence-corrected chi connectivity index (χ4v) is 4.84. The van der Waals surface area contributed by atoms with Crippen molar-refractivity contribution < 1.29 is 54.0 Å². The highest BCUT2D eigenvalue weighted by Crippen LogP contribution is 2.25. The third-order valence-corrected chi connectivity index (χ3v) is 7.54. The van der Waals surface area contributed by atoms with Crippen LogP contribution in [0.2, 0.25) is 0 Å². The zero-order valence-electron chi connectivity index (χ0n) is 28.9. The summed E-state index contributed by atoms with van der Waals surface area (Å²) in [7, 11) is 0. The first-order valence-corrected chi connectivity index (χ1v) is 16.2. The SMILES string of the molecule is NCC(=O)N[C@@H](Cc1ccc(O)cc1O)C(=O)N[C@@H](CCCN=C(N)N)C(=O)NCC(=O)N[C@@H](CC(N)=O)C(=O)N[C@@H](Cc1ccc(O)cc1O)C(N)=O. The van der Waals surface area contributed by atoms with Crippen molar-refractivity contribution in [2.24, 2.45) is 33.7 Å². The van der Waals surface area contributed by atoms with Crippen molar-refractivity contribution in [3.05, 3.63) is 47.5 Å². The molecule has 294 valence electrons. The van der Waals surface area contributed by atoms with E-state index in [4.69, 9.17) is 28.7 Å². The second-order valence-electron chi connectivity index (χ2n) is 11.8. The summed E-state index contributed by atoms with van der Waals surface area (Å²) in [6.45, 7) is -1.25. The summed E-state index contributed by atoms with van der Waals surface area (Å²) in [5, 5.41) is 51.1. The summed E-state index contributed by atoms with van der Waals surface area (Å²) in [5.74, 6) is -8.19. The van der Waals surface area contributed by atoms with Gasteiger partial charge in [-0.25, -0.2) is 0 Å². The number of hydrogen-bond donors (Lipinski definition) is 14. The molecule has 2 aromatic carbocycles. The van der Waals surface area contributed by atoms with Crippen LogP contribution in [-0.2, 0) is 46.4 Å². The maximum absolute atomic E-state index is 13.4. The number of nitrogens with one attached hydrogen (secondary N) is 5. The van der Waals surface area contributed by atoms with Gasteiger partial charge in [0.1, 0.15) is 47.2 Å². The van der Waals surface area contributed by atoms with Crippen LogP contribution in [0.25, 0.3) is 0 Å². The van der Waals surface area contributed by atoms with Crippen LogP contribution < -0.4 is 55.3 Å². The van der Waals surface area contributed by atoms with Gasteiger partial charge in [-0.15, -0.1) is 0 Å². The first-order chi connectivity index (χ1) is 25.4. The van der Waals surface area contributed by atoms with E-state index in [1.54, 1.807) is 0 Å². The third-order valence-electron chi connectivity index (χ3n) is 7.54. The van der Waals surface area contributed by atoms with Gasteiger partial charge in [-0.3, -0.25) is 38.6 Å². The molecule has 0 fully saturated rings. The Hall–Kier alpha value is -6.84. The molecular weight excluding hydrogens is 714 g/mol. The fraction of sp³-hybridized carbons (Fsp3) is 0.375. The molecule has 0 spiro atoms. The van der Waals surface area contributed by atoms with E-state index in [0.717, 1.165) is 12.1 Å². The number of nitrogens with zero attached hydrogens (tertiary/aromatic N) is 1. The molecule has 0 aromatic heterocycles. The Balaban J connectivity index is 2.19. The smallest absolute Gasteiger partial charge is 0.243 e. The number of benzene rings is 2. The van der Waals surface area contributed by atoms with E-state index in [1.807, 2.05) is 0 Å². The van der Waals surface area contributed by atoms with Crippen LogP contribution in [0.15, 0.2) is 41.4 Å². The minimum Gasteiger partial charge on any atom is -0.508 e. The number of nitrogens with two attached hydrogens (primary N) is 5. The Morgan fingerprint density at radius 3 is 1.67 bits per heavy atom. The van der Waals surface area contributed by atoms with Gasteiger partial charge in [0, 0.05) is 31.5 Å². The lowest BCUT2D eigenvalue weighted by atomic mass is 10.0. The number of phenolic OH excluding ortho intramolecular Hbond substituents is 4. The third kappa shape index (κ3) is 14.8. The Bertz CT molecular complexity index is 1730.